The van der Waals surface area contributed by atoms with E-state index in [1.807, 2.05) is 42.5 Å². The number of aliphatic carboxylic acids is 1. The van der Waals surface area contributed by atoms with E-state index in [4.69, 9.17) is 14.6 Å². The summed E-state index contributed by atoms with van der Waals surface area (Å²) in [6.45, 7) is -0.411. The summed E-state index contributed by atoms with van der Waals surface area (Å²) in [6, 6.07) is 20.3. The standard InChI is InChI=1S/C22H15NO5/c24-20(25)13-27-18-9-5-14(6-10-18)11-19-22(26)28-21(23-19)17-8-7-15-3-1-2-4-16(15)12-17/h1-12H,13H2,(H,24,25)/b19-11-. The second kappa shape index (κ2) is 7.36. The molecule has 0 atom stereocenters. The van der Waals surface area contributed by atoms with Crippen molar-refractivity contribution in [1.82, 2.24) is 0 Å². The average molecular weight is 373 g/mol. The van der Waals surface area contributed by atoms with E-state index < -0.39 is 18.5 Å². The van der Waals surface area contributed by atoms with E-state index in [0.717, 1.165) is 21.9 Å². The highest BCUT2D eigenvalue weighted by Crippen LogP contribution is 2.23. The summed E-state index contributed by atoms with van der Waals surface area (Å²) in [5, 5.41) is 10.8. The Balaban J connectivity index is 1.56. The van der Waals surface area contributed by atoms with Crippen LogP contribution >= 0.6 is 0 Å². The molecule has 1 heterocycles. The molecule has 0 radical (unpaired) electrons. The van der Waals surface area contributed by atoms with Gasteiger partial charge >= 0.3 is 11.9 Å². The molecule has 0 saturated carbocycles. The number of cyclic esters (lactones) is 1. The lowest BCUT2D eigenvalue weighted by Crippen LogP contribution is -2.09. The Labute approximate surface area is 160 Å². The molecule has 0 saturated heterocycles. The third-order valence-corrected chi connectivity index (χ3v) is 4.16. The second-order valence-corrected chi connectivity index (χ2v) is 6.15. The molecule has 1 N–H and O–H groups in total. The fourth-order valence-electron chi connectivity index (χ4n) is 2.82. The van der Waals surface area contributed by atoms with Gasteiger partial charge in [-0.3, -0.25) is 0 Å². The molecule has 6 heteroatoms. The van der Waals surface area contributed by atoms with Crippen LogP contribution in [0.4, 0.5) is 0 Å². The van der Waals surface area contributed by atoms with Gasteiger partial charge in [-0.15, -0.1) is 0 Å². The quantitative estimate of drug-likeness (QED) is 0.545. The fourth-order valence-corrected chi connectivity index (χ4v) is 2.82. The van der Waals surface area contributed by atoms with Crippen molar-refractivity contribution in [2.45, 2.75) is 0 Å². The first-order valence-electron chi connectivity index (χ1n) is 8.55. The highest BCUT2D eigenvalue weighted by Gasteiger charge is 2.24. The molecule has 1 aliphatic rings. The molecule has 6 nitrogen and oxygen atoms in total. The minimum atomic E-state index is -1.05. The number of rotatable bonds is 5. The molecule has 3 aromatic carbocycles. The largest absolute Gasteiger partial charge is 0.482 e. The first kappa shape index (κ1) is 17.5. The van der Waals surface area contributed by atoms with Crippen molar-refractivity contribution in [3.05, 3.63) is 83.6 Å². The van der Waals surface area contributed by atoms with Crippen LogP contribution in [0.25, 0.3) is 16.8 Å². The van der Waals surface area contributed by atoms with Crippen LogP contribution in [0.3, 0.4) is 0 Å². The van der Waals surface area contributed by atoms with Crippen molar-refractivity contribution in [2.24, 2.45) is 4.99 Å². The minimum absolute atomic E-state index is 0.197. The van der Waals surface area contributed by atoms with E-state index in [-0.39, 0.29) is 11.6 Å². The van der Waals surface area contributed by atoms with Crippen molar-refractivity contribution >= 4 is 34.7 Å². The van der Waals surface area contributed by atoms with Crippen molar-refractivity contribution in [2.75, 3.05) is 6.61 Å². The molecular weight excluding hydrogens is 358 g/mol. The zero-order valence-corrected chi connectivity index (χ0v) is 14.7. The number of nitrogens with zero attached hydrogens (tertiary/aromatic N) is 1. The number of hydrogen-bond donors (Lipinski definition) is 1. The summed E-state index contributed by atoms with van der Waals surface area (Å²) < 4.78 is 10.4. The number of carboxylic acids is 1. The van der Waals surface area contributed by atoms with Crippen LogP contribution in [0, 0.1) is 0 Å². The van der Waals surface area contributed by atoms with Crippen LogP contribution in [-0.2, 0) is 14.3 Å². The number of aliphatic imine (C=N–C) groups is 1. The molecule has 0 amide bonds. The maximum atomic E-state index is 12.2. The topological polar surface area (TPSA) is 85.2 Å². The van der Waals surface area contributed by atoms with Crippen LogP contribution in [0.15, 0.2) is 77.4 Å². The molecule has 0 unspecified atom stereocenters. The minimum Gasteiger partial charge on any atom is -0.482 e. The zero-order valence-electron chi connectivity index (χ0n) is 14.7. The van der Waals surface area contributed by atoms with Gasteiger partial charge in [-0.2, -0.15) is 0 Å². The van der Waals surface area contributed by atoms with Gasteiger partial charge in [0.2, 0.25) is 5.90 Å². The van der Waals surface area contributed by atoms with Crippen molar-refractivity contribution in [3.8, 4) is 5.75 Å². The monoisotopic (exact) mass is 373 g/mol. The SMILES string of the molecule is O=C(O)COc1ccc(/C=C2\N=C(c3ccc4ccccc4c3)OC2=O)cc1. The molecular formula is C22H15NO5. The van der Waals surface area contributed by atoms with E-state index in [0.29, 0.717) is 5.75 Å². The van der Waals surface area contributed by atoms with Crippen LogP contribution in [-0.4, -0.2) is 29.5 Å². The molecule has 0 spiro atoms. The van der Waals surface area contributed by atoms with Gasteiger partial charge in [0.15, 0.2) is 12.3 Å². The second-order valence-electron chi connectivity index (χ2n) is 6.15. The van der Waals surface area contributed by atoms with Gasteiger partial charge in [0.25, 0.3) is 0 Å². The zero-order chi connectivity index (χ0) is 19.5. The van der Waals surface area contributed by atoms with Gasteiger partial charge in [0, 0.05) is 5.56 Å². The van der Waals surface area contributed by atoms with Crippen molar-refractivity contribution in [1.29, 1.82) is 0 Å². The molecule has 0 aliphatic carbocycles. The summed E-state index contributed by atoms with van der Waals surface area (Å²) in [5.74, 6) is -0.868. The first-order valence-corrected chi connectivity index (χ1v) is 8.55. The van der Waals surface area contributed by atoms with Crippen LogP contribution < -0.4 is 4.74 Å². The van der Waals surface area contributed by atoms with Crippen LogP contribution in [0.2, 0.25) is 0 Å². The number of fused-ring (bicyclic) bond motifs is 1. The molecule has 28 heavy (non-hydrogen) atoms. The number of benzene rings is 3. The third kappa shape index (κ3) is 3.76. The van der Waals surface area contributed by atoms with Gasteiger partial charge in [-0.1, -0.05) is 42.5 Å². The Morgan fingerprint density at radius 1 is 1.04 bits per heavy atom. The lowest BCUT2D eigenvalue weighted by Gasteiger charge is -2.02. The van der Waals surface area contributed by atoms with Crippen LogP contribution in [0.1, 0.15) is 11.1 Å². The summed E-state index contributed by atoms with van der Waals surface area (Å²) in [6.07, 6.45) is 1.61. The van der Waals surface area contributed by atoms with Gasteiger partial charge in [0.05, 0.1) is 0 Å². The fraction of sp³-hybridized carbons (Fsp3) is 0.0455. The number of esters is 1. The van der Waals surface area contributed by atoms with Crippen molar-refractivity contribution < 1.29 is 24.2 Å². The van der Waals surface area contributed by atoms with E-state index in [2.05, 4.69) is 4.99 Å². The molecule has 0 bridgehead atoms. The lowest BCUT2D eigenvalue weighted by atomic mass is 10.1. The number of carbonyl (C=O) groups is 2. The number of hydrogen-bond acceptors (Lipinski definition) is 5. The molecule has 1 aliphatic heterocycles. The third-order valence-electron chi connectivity index (χ3n) is 4.16. The van der Waals surface area contributed by atoms with E-state index >= 15 is 0 Å². The summed E-state index contributed by atoms with van der Waals surface area (Å²) >= 11 is 0. The predicted molar refractivity (Wildman–Crippen MR) is 104 cm³/mol. The highest BCUT2D eigenvalue weighted by molar-refractivity contribution is 6.13. The Hall–Kier alpha value is -3.93. The van der Waals surface area contributed by atoms with E-state index in [1.54, 1.807) is 30.3 Å². The lowest BCUT2D eigenvalue weighted by molar-refractivity contribution is -0.139. The highest BCUT2D eigenvalue weighted by atomic mass is 16.6. The maximum Gasteiger partial charge on any atom is 0.363 e. The van der Waals surface area contributed by atoms with Gasteiger partial charge in [-0.05, 0) is 46.7 Å². The van der Waals surface area contributed by atoms with Crippen LogP contribution in [0.5, 0.6) is 5.75 Å². The Morgan fingerprint density at radius 2 is 1.79 bits per heavy atom. The Morgan fingerprint density at radius 3 is 2.54 bits per heavy atom. The summed E-state index contributed by atoms with van der Waals surface area (Å²) in [4.78, 5) is 27.0. The Kier molecular flexibility index (Phi) is 4.60. The van der Waals surface area contributed by atoms with Gasteiger partial charge in [-0.25, -0.2) is 14.6 Å². The molecule has 3 aromatic rings. The van der Waals surface area contributed by atoms with Crippen molar-refractivity contribution in [3.63, 3.8) is 0 Å². The van der Waals surface area contributed by atoms with Gasteiger partial charge in [0.1, 0.15) is 5.75 Å². The maximum absolute atomic E-state index is 12.2. The summed E-state index contributed by atoms with van der Waals surface area (Å²) in [7, 11) is 0. The molecule has 4 rings (SSSR count). The average Bonchev–Trinajstić information content (AvgIpc) is 3.07. The smallest absolute Gasteiger partial charge is 0.363 e. The van der Waals surface area contributed by atoms with E-state index in [1.165, 1.54) is 0 Å². The number of carbonyl (C=O) groups excluding carboxylic acids is 1. The molecule has 0 aromatic heterocycles. The van der Waals surface area contributed by atoms with Gasteiger partial charge < -0.3 is 14.6 Å². The first-order chi connectivity index (χ1) is 13.6. The Bertz CT molecular complexity index is 1130. The normalized spacial score (nSPS) is 14.8. The summed E-state index contributed by atoms with van der Waals surface area (Å²) in [5.41, 5.74) is 1.65. The number of ether oxygens (including phenoxy) is 2. The molecule has 138 valence electrons. The number of carboxylic acid groups (broad SMARTS) is 1. The predicted octanol–water partition coefficient (Wildman–Crippen LogP) is 3.65. The van der Waals surface area contributed by atoms with E-state index in [9.17, 15) is 9.59 Å². The molecule has 0 fully saturated rings.